The maximum Gasteiger partial charge on any atom is 0.133 e. The SMILES string of the molecule is CCCCCCCCCCCCCCCCCCCCCC(C#N)C#N. The minimum atomic E-state index is -0.388. The topological polar surface area (TPSA) is 47.6 Å². The summed E-state index contributed by atoms with van der Waals surface area (Å²) in [6, 6.07) is 4.10. The fourth-order valence-electron chi connectivity index (χ4n) is 3.58. The van der Waals surface area contributed by atoms with Gasteiger partial charge in [-0.05, 0) is 6.42 Å². The highest BCUT2D eigenvalue weighted by Crippen LogP contribution is 2.15. The summed E-state index contributed by atoms with van der Waals surface area (Å²) in [5, 5.41) is 17.4. The Morgan fingerprint density at radius 2 is 0.731 bits per heavy atom. The zero-order chi connectivity index (χ0) is 19.1. The second kappa shape index (κ2) is 22.0. The predicted octanol–water partition coefficient (Wildman–Crippen LogP) is 8.47. The van der Waals surface area contributed by atoms with Crippen molar-refractivity contribution in [3.8, 4) is 12.1 Å². The van der Waals surface area contributed by atoms with Gasteiger partial charge < -0.3 is 0 Å². The Morgan fingerprint density at radius 3 is 1.00 bits per heavy atom. The largest absolute Gasteiger partial charge is 0.197 e. The Hall–Kier alpha value is -1.02. The molecule has 0 amide bonds. The van der Waals surface area contributed by atoms with Crippen LogP contribution >= 0.6 is 0 Å². The summed E-state index contributed by atoms with van der Waals surface area (Å²) in [4.78, 5) is 0. The molecular weight excluding hydrogens is 316 g/mol. The van der Waals surface area contributed by atoms with Crippen LogP contribution < -0.4 is 0 Å². The summed E-state index contributed by atoms with van der Waals surface area (Å²) in [6.07, 6.45) is 26.9. The number of hydrogen-bond donors (Lipinski definition) is 0. The van der Waals surface area contributed by atoms with E-state index in [4.69, 9.17) is 10.5 Å². The molecule has 0 aliphatic carbocycles. The van der Waals surface area contributed by atoms with Crippen molar-refractivity contribution in [2.24, 2.45) is 5.92 Å². The van der Waals surface area contributed by atoms with E-state index in [2.05, 4.69) is 6.92 Å². The van der Waals surface area contributed by atoms with Gasteiger partial charge >= 0.3 is 0 Å². The van der Waals surface area contributed by atoms with Crippen molar-refractivity contribution in [3.63, 3.8) is 0 Å². The fourth-order valence-corrected chi connectivity index (χ4v) is 3.58. The molecule has 0 rings (SSSR count). The summed E-state index contributed by atoms with van der Waals surface area (Å²) in [5.74, 6) is -0.388. The van der Waals surface area contributed by atoms with E-state index in [0.717, 1.165) is 12.8 Å². The van der Waals surface area contributed by atoms with Crippen LogP contribution in [0.15, 0.2) is 0 Å². The van der Waals surface area contributed by atoms with Gasteiger partial charge in [0.15, 0.2) is 0 Å². The van der Waals surface area contributed by atoms with Crippen LogP contribution in [0.1, 0.15) is 135 Å². The van der Waals surface area contributed by atoms with Crippen molar-refractivity contribution < 1.29 is 0 Å². The molecule has 0 aliphatic rings. The summed E-state index contributed by atoms with van der Waals surface area (Å²) < 4.78 is 0. The number of rotatable bonds is 20. The molecule has 0 saturated heterocycles. The molecule has 0 unspecified atom stereocenters. The van der Waals surface area contributed by atoms with Crippen LogP contribution in [-0.2, 0) is 0 Å². The molecule has 0 heterocycles. The number of nitriles is 2. The lowest BCUT2D eigenvalue weighted by atomic mass is 10.0. The molecule has 0 spiro atoms. The standard InChI is InChI=1S/C24H44N2/c1-2-3-4-5-6-7-8-9-10-11-12-13-14-15-16-17-18-19-20-21-24(22-25)23-26/h24H,2-21H2,1H3. The van der Waals surface area contributed by atoms with Crippen molar-refractivity contribution in [2.45, 2.75) is 135 Å². The van der Waals surface area contributed by atoms with E-state index >= 15 is 0 Å². The zero-order valence-corrected chi connectivity index (χ0v) is 17.6. The van der Waals surface area contributed by atoms with Gasteiger partial charge in [-0.25, -0.2) is 0 Å². The first-order valence-corrected chi connectivity index (χ1v) is 11.6. The van der Waals surface area contributed by atoms with Gasteiger partial charge in [-0.3, -0.25) is 0 Å². The summed E-state index contributed by atoms with van der Waals surface area (Å²) in [6.45, 7) is 2.28. The summed E-state index contributed by atoms with van der Waals surface area (Å²) >= 11 is 0. The van der Waals surface area contributed by atoms with Gasteiger partial charge in [-0.2, -0.15) is 10.5 Å². The summed E-state index contributed by atoms with van der Waals surface area (Å²) in [5.41, 5.74) is 0. The molecule has 2 nitrogen and oxygen atoms in total. The molecule has 0 bridgehead atoms. The average Bonchev–Trinajstić information content (AvgIpc) is 2.66. The first-order valence-electron chi connectivity index (χ1n) is 11.6. The number of unbranched alkanes of at least 4 members (excludes halogenated alkanes) is 18. The second-order valence-corrected chi connectivity index (χ2v) is 7.96. The molecule has 0 aromatic rings. The van der Waals surface area contributed by atoms with Crippen LogP contribution in [0.4, 0.5) is 0 Å². The minimum Gasteiger partial charge on any atom is -0.197 e. The van der Waals surface area contributed by atoms with Crippen LogP contribution in [0.25, 0.3) is 0 Å². The van der Waals surface area contributed by atoms with E-state index in [0.29, 0.717) is 0 Å². The van der Waals surface area contributed by atoms with E-state index in [1.165, 1.54) is 116 Å². The Morgan fingerprint density at radius 1 is 0.462 bits per heavy atom. The van der Waals surface area contributed by atoms with Crippen LogP contribution in [0, 0.1) is 28.6 Å². The Balaban J connectivity index is 3.05. The third-order valence-corrected chi connectivity index (χ3v) is 5.41. The maximum absolute atomic E-state index is 8.70. The molecule has 0 fully saturated rings. The Bertz CT molecular complexity index is 336. The van der Waals surface area contributed by atoms with Gasteiger partial charge in [-0.1, -0.05) is 129 Å². The lowest BCUT2D eigenvalue weighted by Gasteiger charge is -2.04. The predicted molar refractivity (Wildman–Crippen MR) is 113 cm³/mol. The highest BCUT2D eigenvalue weighted by Gasteiger charge is 2.03. The lowest BCUT2D eigenvalue weighted by Crippen LogP contribution is -1.92. The molecule has 150 valence electrons. The van der Waals surface area contributed by atoms with Crippen molar-refractivity contribution in [1.29, 1.82) is 10.5 Å². The van der Waals surface area contributed by atoms with Crippen molar-refractivity contribution in [2.75, 3.05) is 0 Å². The Kier molecular flexibility index (Phi) is 21.2. The zero-order valence-electron chi connectivity index (χ0n) is 17.6. The first-order chi connectivity index (χ1) is 12.8. The third-order valence-electron chi connectivity index (χ3n) is 5.41. The van der Waals surface area contributed by atoms with Gasteiger partial charge in [0.2, 0.25) is 0 Å². The molecule has 0 aromatic carbocycles. The molecule has 0 saturated carbocycles. The fraction of sp³-hybridized carbons (Fsp3) is 0.917. The smallest absolute Gasteiger partial charge is 0.133 e. The van der Waals surface area contributed by atoms with E-state index in [1.54, 1.807) is 0 Å². The molecule has 0 aromatic heterocycles. The molecule has 26 heavy (non-hydrogen) atoms. The highest BCUT2D eigenvalue weighted by molar-refractivity contribution is 4.98. The van der Waals surface area contributed by atoms with Gasteiger partial charge in [0.05, 0.1) is 12.1 Å². The van der Waals surface area contributed by atoms with Gasteiger partial charge in [0.1, 0.15) is 5.92 Å². The van der Waals surface area contributed by atoms with Crippen molar-refractivity contribution in [3.05, 3.63) is 0 Å². The van der Waals surface area contributed by atoms with Crippen molar-refractivity contribution >= 4 is 0 Å². The lowest BCUT2D eigenvalue weighted by molar-refractivity contribution is 0.519. The quantitative estimate of drug-likeness (QED) is 0.204. The monoisotopic (exact) mass is 360 g/mol. The molecule has 0 N–H and O–H groups in total. The first kappa shape index (κ1) is 25.0. The normalized spacial score (nSPS) is 10.8. The summed E-state index contributed by atoms with van der Waals surface area (Å²) in [7, 11) is 0. The van der Waals surface area contributed by atoms with E-state index in [1.807, 2.05) is 12.1 Å². The highest BCUT2D eigenvalue weighted by atomic mass is 14.3. The second-order valence-electron chi connectivity index (χ2n) is 7.96. The maximum atomic E-state index is 8.70. The molecule has 0 atom stereocenters. The number of nitrogens with zero attached hydrogens (tertiary/aromatic N) is 2. The van der Waals surface area contributed by atoms with Crippen LogP contribution in [0.2, 0.25) is 0 Å². The number of hydrogen-bond acceptors (Lipinski definition) is 2. The van der Waals surface area contributed by atoms with Gasteiger partial charge in [0, 0.05) is 0 Å². The third kappa shape index (κ3) is 19.3. The van der Waals surface area contributed by atoms with Crippen LogP contribution in [0.5, 0.6) is 0 Å². The molecular formula is C24H44N2. The van der Waals surface area contributed by atoms with Gasteiger partial charge in [-0.15, -0.1) is 0 Å². The Labute approximate surface area is 164 Å². The van der Waals surface area contributed by atoms with Crippen LogP contribution in [0.3, 0.4) is 0 Å². The average molecular weight is 361 g/mol. The van der Waals surface area contributed by atoms with E-state index in [9.17, 15) is 0 Å². The molecule has 0 radical (unpaired) electrons. The van der Waals surface area contributed by atoms with Crippen molar-refractivity contribution in [1.82, 2.24) is 0 Å². The molecule has 0 aliphatic heterocycles. The molecule has 2 heteroatoms. The van der Waals surface area contributed by atoms with E-state index in [-0.39, 0.29) is 5.92 Å². The van der Waals surface area contributed by atoms with E-state index < -0.39 is 0 Å². The van der Waals surface area contributed by atoms with Gasteiger partial charge in [0.25, 0.3) is 0 Å². The minimum absolute atomic E-state index is 0.388. The van der Waals surface area contributed by atoms with Crippen LogP contribution in [-0.4, -0.2) is 0 Å².